The van der Waals surface area contributed by atoms with Crippen molar-refractivity contribution < 1.29 is 23.8 Å². The van der Waals surface area contributed by atoms with Gasteiger partial charge in [-0.05, 0) is 29.7 Å². The van der Waals surface area contributed by atoms with E-state index in [1.807, 2.05) is 60.7 Å². The normalized spacial score (nSPS) is 18.9. The Balaban J connectivity index is 1.15. The third-order valence-corrected chi connectivity index (χ3v) is 6.81. The maximum atomic E-state index is 13.9. The largest absolute Gasteiger partial charge is 0.491 e. The molecule has 8 heteroatoms. The molecule has 0 aromatic heterocycles. The lowest BCUT2D eigenvalue weighted by atomic mass is 9.77. The molecule has 0 fully saturated rings. The second kappa shape index (κ2) is 8.54. The third kappa shape index (κ3) is 3.53. The standard InChI is InChI=1S/C27H25N3O5/c31-25-27(16-33-22-15-24-23(14-20(22)27)34-17-35-24)19-8-4-5-9-21(19)30(25)13-12-29-26(32)28-11-10-18-6-2-1-3-7-18/h1-9,14-15H,10-13,16-17H2,(H2,28,29,32). The zero-order chi connectivity index (χ0) is 23.8. The van der Waals surface area contributed by atoms with Crippen molar-refractivity contribution in [1.82, 2.24) is 10.6 Å². The molecule has 3 aliphatic rings. The third-order valence-electron chi connectivity index (χ3n) is 6.81. The van der Waals surface area contributed by atoms with Crippen LogP contribution in [0.15, 0.2) is 66.7 Å². The van der Waals surface area contributed by atoms with Crippen LogP contribution in [0.3, 0.4) is 0 Å². The number of para-hydroxylation sites is 1. The Morgan fingerprint density at radius 2 is 1.60 bits per heavy atom. The highest BCUT2D eigenvalue weighted by Crippen LogP contribution is 2.54. The SMILES string of the molecule is O=C(NCCc1ccccc1)NCCN1C(=O)C2(COc3cc4c(cc32)OCO4)c2ccccc21. The van der Waals surface area contributed by atoms with E-state index in [9.17, 15) is 9.59 Å². The minimum Gasteiger partial charge on any atom is -0.491 e. The van der Waals surface area contributed by atoms with Gasteiger partial charge in [-0.15, -0.1) is 0 Å². The van der Waals surface area contributed by atoms with Gasteiger partial charge < -0.3 is 29.7 Å². The Morgan fingerprint density at radius 1 is 0.857 bits per heavy atom. The van der Waals surface area contributed by atoms with Gasteiger partial charge in [0.25, 0.3) is 0 Å². The lowest BCUT2D eigenvalue weighted by Crippen LogP contribution is -2.46. The number of anilines is 1. The first-order valence-corrected chi connectivity index (χ1v) is 11.7. The Bertz CT molecular complexity index is 1300. The number of amides is 3. The molecule has 6 rings (SSSR count). The molecule has 1 atom stereocenters. The van der Waals surface area contributed by atoms with Crippen molar-refractivity contribution in [3.63, 3.8) is 0 Å². The summed E-state index contributed by atoms with van der Waals surface area (Å²) in [6.45, 7) is 1.58. The molecular formula is C27H25N3O5. The first-order valence-electron chi connectivity index (χ1n) is 11.7. The molecule has 3 aromatic carbocycles. The van der Waals surface area contributed by atoms with Crippen LogP contribution in [0.5, 0.6) is 17.2 Å². The van der Waals surface area contributed by atoms with Gasteiger partial charge in [-0.25, -0.2) is 4.79 Å². The average Bonchev–Trinajstić information content (AvgIpc) is 3.56. The smallest absolute Gasteiger partial charge is 0.314 e. The van der Waals surface area contributed by atoms with Crippen molar-refractivity contribution in [1.29, 1.82) is 0 Å². The minimum absolute atomic E-state index is 0.0670. The summed E-state index contributed by atoms with van der Waals surface area (Å²) in [4.78, 5) is 27.9. The van der Waals surface area contributed by atoms with Crippen LogP contribution in [0.1, 0.15) is 16.7 Å². The maximum Gasteiger partial charge on any atom is 0.314 e. The summed E-state index contributed by atoms with van der Waals surface area (Å²) in [6.07, 6.45) is 0.757. The van der Waals surface area contributed by atoms with Gasteiger partial charge in [0, 0.05) is 37.0 Å². The van der Waals surface area contributed by atoms with E-state index in [1.54, 1.807) is 11.0 Å². The Hall–Kier alpha value is -4.20. The highest BCUT2D eigenvalue weighted by Gasteiger charge is 2.57. The van der Waals surface area contributed by atoms with Crippen molar-refractivity contribution in [3.05, 3.63) is 83.4 Å². The predicted octanol–water partition coefficient (Wildman–Crippen LogP) is 2.98. The molecule has 0 bridgehead atoms. The number of benzene rings is 3. The number of nitrogens with zero attached hydrogens (tertiary/aromatic N) is 1. The first kappa shape index (κ1) is 21.3. The lowest BCUT2D eigenvalue weighted by Gasteiger charge is -2.23. The van der Waals surface area contributed by atoms with Crippen LogP contribution in [-0.4, -0.2) is 45.0 Å². The van der Waals surface area contributed by atoms with Gasteiger partial charge in [0.1, 0.15) is 17.8 Å². The molecule has 8 nitrogen and oxygen atoms in total. The molecular weight excluding hydrogens is 446 g/mol. The lowest BCUT2D eigenvalue weighted by molar-refractivity contribution is -0.122. The summed E-state index contributed by atoms with van der Waals surface area (Å²) in [5.74, 6) is 1.81. The Labute approximate surface area is 202 Å². The second-order valence-electron chi connectivity index (χ2n) is 8.79. The van der Waals surface area contributed by atoms with Gasteiger partial charge in [0.15, 0.2) is 11.5 Å². The molecule has 1 unspecified atom stereocenters. The van der Waals surface area contributed by atoms with Crippen LogP contribution in [-0.2, 0) is 16.6 Å². The number of rotatable bonds is 6. The summed E-state index contributed by atoms with van der Waals surface area (Å²) in [6, 6.07) is 21.2. The van der Waals surface area contributed by atoms with E-state index in [0.717, 1.165) is 23.2 Å². The highest BCUT2D eigenvalue weighted by atomic mass is 16.7. The van der Waals surface area contributed by atoms with Crippen molar-refractivity contribution in [3.8, 4) is 17.2 Å². The van der Waals surface area contributed by atoms with E-state index in [-0.39, 0.29) is 25.3 Å². The van der Waals surface area contributed by atoms with Gasteiger partial charge in [-0.3, -0.25) is 4.79 Å². The van der Waals surface area contributed by atoms with Crippen LogP contribution in [0.2, 0.25) is 0 Å². The molecule has 0 aliphatic carbocycles. The fraction of sp³-hybridized carbons (Fsp3) is 0.259. The van der Waals surface area contributed by atoms with E-state index in [0.29, 0.717) is 36.9 Å². The molecule has 3 amide bonds. The molecule has 3 aliphatic heterocycles. The Kier molecular flexibility index (Phi) is 5.21. The quantitative estimate of drug-likeness (QED) is 0.577. The van der Waals surface area contributed by atoms with Crippen LogP contribution >= 0.6 is 0 Å². The summed E-state index contributed by atoms with van der Waals surface area (Å²) < 4.78 is 17.0. The minimum atomic E-state index is -0.940. The van der Waals surface area contributed by atoms with Crippen LogP contribution < -0.4 is 29.7 Å². The zero-order valence-electron chi connectivity index (χ0n) is 19.1. The number of ether oxygens (including phenoxy) is 3. The van der Waals surface area contributed by atoms with Crippen LogP contribution in [0, 0.1) is 0 Å². The van der Waals surface area contributed by atoms with Crippen molar-refractivity contribution in [2.75, 3.05) is 37.9 Å². The molecule has 0 radical (unpaired) electrons. The predicted molar refractivity (Wildman–Crippen MR) is 129 cm³/mol. The topological polar surface area (TPSA) is 89.1 Å². The van der Waals surface area contributed by atoms with Gasteiger partial charge in [0.05, 0.1) is 0 Å². The molecule has 3 aromatic rings. The number of carbonyl (C=O) groups excluding carboxylic acids is 2. The van der Waals surface area contributed by atoms with Crippen molar-refractivity contribution in [2.24, 2.45) is 0 Å². The van der Waals surface area contributed by atoms with Gasteiger partial charge >= 0.3 is 6.03 Å². The van der Waals surface area contributed by atoms with E-state index in [4.69, 9.17) is 14.2 Å². The second-order valence-corrected chi connectivity index (χ2v) is 8.79. The number of hydrogen-bond donors (Lipinski definition) is 2. The number of urea groups is 1. The Morgan fingerprint density at radius 3 is 2.46 bits per heavy atom. The van der Waals surface area contributed by atoms with Gasteiger partial charge in [-0.2, -0.15) is 0 Å². The molecule has 0 saturated heterocycles. The number of nitrogens with one attached hydrogen (secondary N) is 2. The van der Waals surface area contributed by atoms with Crippen molar-refractivity contribution in [2.45, 2.75) is 11.8 Å². The van der Waals surface area contributed by atoms with Gasteiger partial charge in [0.2, 0.25) is 12.7 Å². The number of carbonyl (C=O) groups is 2. The fourth-order valence-corrected chi connectivity index (χ4v) is 5.10. The van der Waals surface area contributed by atoms with Crippen LogP contribution in [0.4, 0.5) is 10.5 Å². The molecule has 0 saturated carbocycles. The number of hydrogen-bond acceptors (Lipinski definition) is 5. The summed E-state index contributed by atoms with van der Waals surface area (Å²) in [5, 5.41) is 5.74. The molecule has 2 N–H and O–H groups in total. The first-order chi connectivity index (χ1) is 17.2. The van der Waals surface area contributed by atoms with E-state index in [2.05, 4.69) is 10.6 Å². The molecule has 178 valence electrons. The average molecular weight is 472 g/mol. The maximum absolute atomic E-state index is 13.9. The summed E-state index contributed by atoms with van der Waals surface area (Å²) in [7, 11) is 0. The van der Waals surface area contributed by atoms with E-state index < -0.39 is 5.41 Å². The van der Waals surface area contributed by atoms with Crippen LogP contribution in [0.25, 0.3) is 0 Å². The fourth-order valence-electron chi connectivity index (χ4n) is 5.10. The van der Waals surface area contributed by atoms with Gasteiger partial charge in [-0.1, -0.05) is 48.5 Å². The van der Waals surface area contributed by atoms with Crippen molar-refractivity contribution >= 4 is 17.6 Å². The van der Waals surface area contributed by atoms with E-state index >= 15 is 0 Å². The molecule has 35 heavy (non-hydrogen) atoms. The summed E-state index contributed by atoms with van der Waals surface area (Å²) in [5.41, 5.74) is 2.74. The molecule has 3 heterocycles. The van der Waals surface area contributed by atoms with E-state index in [1.165, 1.54) is 5.56 Å². The summed E-state index contributed by atoms with van der Waals surface area (Å²) >= 11 is 0. The monoisotopic (exact) mass is 471 g/mol. The highest BCUT2D eigenvalue weighted by molar-refractivity contribution is 6.11. The number of fused-ring (bicyclic) bond motifs is 5. The zero-order valence-corrected chi connectivity index (χ0v) is 19.1. The molecule has 1 spiro atoms.